The first-order chi connectivity index (χ1) is 5.97. The number of carbonyl (C=O) groups is 2. The monoisotopic (exact) mass is 188 g/mol. The van der Waals surface area contributed by atoms with E-state index in [2.05, 4.69) is 4.74 Å². The lowest BCUT2D eigenvalue weighted by molar-refractivity contribution is -0.184. The molecular formula is C8H14NO4. The van der Waals surface area contributed by atoms with Crippen LogP contribution in [0.15, 0.2) is 0 Å². The molecule has 2 N–H and O–H groups in total. The Morgan fingerprint density at radius 3 is 2.15 bits per heavy atom. The van der Waals surface area contributed by atoms with E-state index in [1.807, 2.05) is 0 Å². The van der Waals surface area contributed by atoms with Crippen molar-refractivity contribution in [3.05, 3.63) is 6.54 Å². The van der Waals surface area contributed by atoms with Gasteiger partial charge >= 0.3 is 11.9 Å². The summed E-state index contributed by atoms with van der Waals surface area (Å²) in [6.07, 6.45) is -0.901. The smallest absolute Gasteiger partial charge is 0.328 e. The lowest BCUT2D eigenvalue weighted by atomic mass is 10.2. The van der Waals surface area contributed by atoms with Crippen LogP contribution in [0.1, 0.15) is 20.8 Å². The molecule has 0 bridgehead atoms. The summed E-state index contributed by atoms with van der Waals surface area (Å²) in [6.45, 7) is 5.58. The van der Waals surface area contributed by atoms with Crippen LogP contribution in [0, 0.1) is 12.5 Å². The van der Waals surface area contributed by atoms with E-state index >= 15 is 0 Å². The van der Waals surface area contributed by atoms with Gasteiger partial charge in [0.25, 0.3) is 0 Å². The first kappa shape index (κ1) is 11.9. The van der Waals surface area contributed by atoms with Crippen LogP contribution in [0.3, 0.4) is 0 Å². The molecule has 0 aromatic heterocycles. The first-order valence-electron chi connectivity index (χ1n) is 3.93. The molecule has 0 aliphatic heterocycles. The fraction of sp³-hybridized carbons (Fsp3) is 0.625. The Bertz CT molecular complexity index is 191. The fourth-order valence-corrected chi connectivity index (χ4v) is 0.527. The molecule has 0 spiro atoms. The van der Waals surface area contributed by atoms with Gasteiger partial charge < -0.3 is 15.2 Å². The van der Waals surface area contributed by atoms with E-state index in [-0.39, 0.29) is 5.92 Å². The molecule has 5 nitrogen and oxygen atoms in total. The number of rotatable bonds is 4. The van der Waals surface area contributed by atoms with Crippen molar-refractivity contribution in [2.45, 2.75) is 27.1 Å². The van der Waals surface area contributed by atoms with Gasteiger partial charge in [-0.1, -0.05) is 13.8 Å². The second kappa shape index (κ2) is 5.53. The SMILES string of the molecule is CC(OC(=O)[CH]N)OC(=O)C(C)C. The predicted octanol–water partition coefficient (Wildman–Crippen LogP) is 0.195. The second-order valence-electron chi connectivity index (χ2n) is 2.76. The number of ether oxygens (including phenoxy) is 2. The van der Waals surface area contributed by atoms with E-state index in [1.165, 1.54) is 6.92 Å². The Morgan fingerprint density at radius 2 is 1.77 bits per heavy atom. The van der Waals surface area contributed by atoms with Crippen molar-refractivity contribution >= 4 is 11.9 Å². The molecule has 13 heavy (non-hydrogen) atoms. The molecule has 0 aromatic carbocycles. The third kappa shape index (κ3) is 5.19. The Morgan fingerprint density at radius 1 is 1.23 bits per heavy atom. The van der Waals surface area contributed by atoms with Gasteiger partial charge in [-0.15, -0.1) is 0 Å². The molecule has 0 amide bonds. The number of hydrogen-bond acceptors (Lipinski definition) is 5. The first-order valence-corrected chi connectivity index (χ1v) is 3.93. The summed E-state index contributed by atoms with van der Waals surface area (Å²) < 4.78 is 9.28. The van der Waals surface area contributed by atoms with Crippen LogP contribution in [0.5, 0.6) is 0 Å². The number of hydrogen-bond donors (Lipinski definition) is 1. The summed E-state index contributed by atoms with van der Waals surface area (Å²) in [5, 5.41) is 0. The van der Waals surface area contributed by atoms with Gasteiger partial charge in [-0.05, 0) is 0 Å². The second-order valence-corrected chi connectivity index (χ2v) is 2.76. The van der Waals surface area contributed by atoms with Gasteiger partial charge in [0.1, 0.15) is 6.54 Å². The zero-order chi connectivity index (χ0) is 10.4. The highest BCUT2D eigenvalue weighted by Gasteiger charge is 2.15. The minimum Gasteiger partial charge on any atom is -0.425 e. The topological polar surface area (TPSA) is 78.6 Å². The van der Waals surface area contributed by atoms with Gasteiger partial charge in [-0.25, -0.2) is 0 Å². The standard InChI is InChI=1S/C8H14NO4/c1-5(2)8(11)13-6(3)12-7(10)4-9/h4-6H,9H2,1-3H3. The molecule has 0 saturated carbocycles. The van der Waals surface area contributed by atoms with Gasteiger partial charge in [0.2, 0.25) is 6.29 Å². The van der Waals surface area contributed by atoms with Crippen LogP contribution in [0.2, 0.25) is 0 Å². The maximum Gasteiger partial charge on any atom is 0.328 e. The molecule has 0 aliphatic carbocycles. The molecular weight excluding hydrogens is 174 g/mol. The number of esters is 2. The van der Waals surface area contributed by atoms with Crippen molar-refractivity contribution in [3.63, 3.8) is 0 Å². The Labute approximate surface area is 77.2 Å². The zero-order valence-electron chi connectivity index (χ0n) is 7.94. The third-order valence-electron chi connectivity index (χ3n) is 1.17. The quantitative estimate of drug-likeness (QED) is 0.503. The number of carbonyl (C=O) groups excluding carboxylic acids is 2. The summed E-state index contributed by atoms with van der Waals surface area (Å²) in [5.74, 6) is -1.38. The molecule has 0 rings (SSSR count). The van der Waals surface area contributed by atoms with Crippen molar-refractivity contribution < 1.29 is 19.1 Å². The van der Waals surface area contributed by atoms with E-state index in [0.717, 1.165) is 6.54 Å². The molecule has 1 atom stereocenters. The molecule has 0 heterocycles. The zero-order valence-corrected chi connectivity index (χ0v) is 7.94. The molecule has 0 saturated heterocycles. The minimum atomic E-state index is -0.901. The van der Waals surface area contributed by atoms with E-state index in [4.69, 9.17) is 10.5 Å². The Balaban J connectivity index is 3.80. The molecule has 1 unspecified atom stereocenters. The van der Waals surface area contributed by atoms with Gasteiger partial charge in [-0.3, -0.25) is 9.59 Å². The number of nitrogens with two attached hydrogens (primary N) is 1. The fourth-order valence-electron chi connectivity index (χ4n) is 0.527. The van der Waals surface area contributed by atoms with E-state index in [9.17, 15) is 9.59 Å². The van der Waals surface area contributed by atoms with E-state index in [0.29, 0.717) is 0 Å². The highest BCUT2D eigenvalue weighted by Crippen LogP contribution is 2.01. The summed E-state index contributed by atoms with van der Waals surface area (Å²) in [6, 6.07) is 0. The summed E-state index contributed by atoms with van der Waals surface area (Å²) in [7, 11) is 0. The van der Waals surface area contributed by atoms with Crippen molar-refractivity contribution in [1.82, 2.24) is 0 Å². The lowest BCUT2D eigenvalue weighted by Crippen LogP contribution is -2.25. The third-order valence-corrected chi connectivity index (χ3v) is 1.17. The highest BCUT2D eigenvalue weighted by atomic mass is 16.7. The van der Waals surface area contributed by atoms with Crippen LogP contribution in [0.25, 0.3) is 0 Å². The van der Waals surface area contributed by atoms with Crippen molar-refractivity contribution in [1.29, 1.82) is 0 Å². The lowest BCUT2D eigenvalue weighted by Gasteiger charge is -2.14. The highest BCUT2D eigenvalue weighted by molar-refractivity contribution is 5.78. The van der Waals surface area contributed by atoms with Crippen molar-refractivity contribution in [2.75, 3.05) is 0 Å². The van der Waals surface area contributed by atoms with Crippen LogP contribution in [-0.4, -0.2) is 18.2 Å². The molecule has 75 valence electrons. The van der Waals surface area contributed by atoms with Gasteiger partial charge in [0.15, 0.2) is 0 Å². The molecule has 1 radical (unpaired) electrons. The van der Waals surface area contributed by atoms with Gasteiger partial charge in [-0.2, -0.15) is 0 Å². The van der Waals surface area contributed by atoms with Crippen molar-refractivity contribution in [2.24, 2.45) is 11.7 Å². The summed E-state index contributed by atoms with van der Waals surface area (Å²) in [5.41, 5.74) is 4.87. The Hall–Kier alpha value is -1.10. The molecule has 0 aliphatic rings. The van der Waals surface area contributed by atoms with Crippen LogP contribution < -0.4 is 5.73 Å². The minimum absolute atomic E-state index is 0.247. The van der Waals surface area contributed by atoms with Crippen molar-refractivity contribution in [3.8, 4) is 0 Å². The Kier molecular flexibility index (Phi) is 5.06. The maximum absolute atomic E-state index is 11.0. The largest absolute Gasteiger partial charge is 0.425 e. The van der Waals surface area contributed by atoms with E-state index < -0.39 is 18.2 Å². The predicted molar refractivity (Wildman–Crippen MR) is 45.0 cm³/mol. The van der Waals surface area contributed by atoms with Gasteiger partial charge in [0.05, 0.1) is 5.92 Å². The average Bonchev–Trinajstić information content (AvgIpc) is 2.03. The van der Waals surface area contributed by atoms with Crippen LogP contribution in [-0.2, 0) is 19.1 Å². The molecule has 0 aromatic rings. The van der Waals surface area contributed by atoms with Gasteiger partial charge in [0, 0.05) is 6.92 Å². The van der Waals surface area contributed by atoms with Crippen LogP contribution >= 0.6 is 0 Å². The van der Waals surface area contributed by atoms with Crippen LogP contribution in [0.4, 0.5) is 0 Å². The normalized spacial score (nSPS) is 12.4. The van der Waals surface area contributed by atoms with E-state index in [1.54, 1.807) is 13.8 Å². The summed E-state index contributed by atoms with van der Waals surface area (Å²) in [4.78, 5) is 21.5. The average molecular weight is 188 g/mol. The maximum atomic E-state index is 11.0. The summed E-state index contributed by atoms with van der Waals surface area (Å²) >= 11 is 0. The molecule has 0 fully saturated rings. The molecule has 5 heteroatoms.